The third-order valence-electron chi connectivity index (χ3n) is 2.55. The van der Waals surface area contributed by atoms with E-state index in [1.165, 1.54) is 7.11 Å². The van der Waals surface area contributed by atoms with Crippen LogP contribution in [0.25, 0.3) is 0 Å². The van der Waals surface area contributed by atoms with Crippen LogP contribution in [0.5, 0.6) is 0 Å². The zero-order valence-electron chi connectivity index (χ0n) is 9.90. The second kappa shape index (κ2) is 6.40. The van der Waals surface area contributed by atoms with Gasteiger partial charge in [-0.2, -0.15) is 0 Å². The summed E-state index contributed by atoms with van der Waals surface area (Å²) in [6.07, 6.45) is 0.653. The third kappa shape index (κ3) is 3.86. The van der Waals surface area contributed by atoms with Gasteiger partial charge in [0.05, 0.1) is 7.11 Å². The molecular weight excluding hydrogens is 240 g/mol. The van der Waals surface area contributed by atoms with Crippen LogP contribution in [0.4, 0.5) is 0 Å². The van der Waals surface area contributed by atoms with Crippen molar-refractivity contribution in [2.24, 2.45) is 5.92 Å². The minimum absolute atomic E-state index is 0.114. The first-order valence-electron chi connectivity index (χ1n) is 5.43. The molecule has 0 bridgehead atoms. The van der Waals surface area contributed by atoms with Gasteiger partial charge in [0, 0.05) is 11.4 Å². The number of rotatable bonds is 5. The lowest BCUT2D eigenvalue weighted by atomic mass is 9.94. The number of hydrogen-bond donors (Lipinski definition) is 0. The van der Waals surface area contributed by atoms with Crippen molar-refractivity contribution < 1.29 is 14.3 Å². The van der Waals surface area contributed by atoms with E-state index in [9.17, 15) is 9.59 Å². The Balaban J connectivity index is 2.86. The Morgan fingerprint density at radius 1 is 1.41 bits per heavy atom. The number of Topliss-reactive ketones (excluding diaryl/α,β-unsaturated/α-hetero) is 1. The summed E-state index contributed by atoms with van der Waals surface area (Å²) in [6, 6.07) is 7.13. The zero-order valence-corrected chi connectivity index (χ0v) is 10.7. The number of ketones is 1. The topological polar surface area (TPSA) is 43.4 Å². The van der Waals surface area contributed by atoms with Crippen molar-refractivity contribution in [2.45, 2.75) is 19.8 Å². The molecule has 0 fully saturated rings. The normalized spacial score (nSPS) is 11.9. The number of benzene rings is 1. The van der Waals surface area contributed by atoms with Crippen molar-refractivity contribution in [1.29, 1.82) is 0 Å². The molecule has 0 heterocycles. The van der Waals surface area contributed by atoms with E-state index in [0.717, 1.165) is 5.56 Å². The average Bonchev–Trinajstić information content (AvgIpc) is 2.34. The first kappa shape index (κ1) is 13.7. The van der Waals surface area contributed by atoms with E-state index in [0.29, 0.717) is 17.9 Å². The number of carbonyl (C=O) groups is 2. The Bertz CT molecular complexity index is 399. The van der Waals surface area contributed by atoms with Gasteiger partial charge in [-0.3, -0.25) is 9.59 Å². The van der Waals surface area contributed by atoms with Crippen molar-refractivity contribution in [3.63, 3.8) is 0 Å². The van der Waals surface area contributed by atoms with Gasteiger partial charge in [0.1, 0.15) is 11.7 Å². The molecule has 0 aromatic heterocycles. The van der Waals surface area contributed by atoms with Crippen LogP contribution >= 0.6 is 11.6 Å². The highest BCUT2D eigenvalue weighted by Gasteiger charge is 2.26. The predicted molar refractivity (Wildman–Crippen MR) is 66.0 cm³/mol. The smallest absolute Gasteiger partial charge is 0.316 e. The number of esters is 1. The van der Waals surface area contributed by atoms with E-state index in [1.54, 1.807) is 25.1 Å². The van der Waals surface area contributed by atoms with E-state index in [4.69, 9.17) is 11.6 Å². The molecule has 1 rings (SSSR count). The Kier molecular flexibility index (Phi) is 5.16. The van der Waals surface area contributed by atoms with Crippen LogP contribution in [0.15, 0.2) is 24.3 Å². The van der Waals surface area contributed by atoms with Crippen LogP contribution in [0.3, 0.4) is 0 Å². The monoisotopic (exact) mass is 254 g/mol. The van der Waals surface area contributed by atoms with E-state index < -0.39 is 11.9 Å². The minimum atomic E-state index is -0.733. The molecule has 1 atom stereocenters. The van der Waals surface area contributed by atoms with Gasteiger partial charge in [0.25, 0.3) is 0 Å². The maximum absolute atomic E-state index is 11.7. The zero-order chi connectivity index (χ0) is 12.8. The van der Waals surface area contributed by atoms with Gasteiger partial charge in [-0.1, -0.05) is 30.7 Å². The third-order valence-corrected chi connectivity index (χ3v) is 2.79. The van der Waals surface area contributed by atoms with Crippen LogP contribution in [-0.2, 0) is 20.7 Å². The first-order valence-corrected chi connectivity index (χ1v) is 5.81. The molecule has 0 aliphatic heterocycles. The van der Waals surface area contributed by atoms with Crippen molar-refractivity contribution in [1.82, 2.24) is 0 Å². The Labute approximate surface area is 106 Å². The van der Waals surface area contributed by atoms with Crippen molar-refractivity contribution in [3.05, 3.63) is 34.9 Å². The van der Waals surface area contributed by atoms with Crippen LogP contribution in [0.2, 0.25) is 5.02 Å². The Hall–Kier alpha value is -1.35. The molecule has 0 spiro atoms. The second-order valence-electron chi connectivity index (χ2n) is 3.73. The van der Waals surface area contributed by atoms with Crippen LogP contribution in [0.1, 0.15) is 18.9 Å². The van der Waals surface area contributed by atoms with Gasteiger partial charge in [0.15, 0.2) is 0 Å². The molecule has 17 heavy (non-hydrogen) atoms. The summed E-state index contributed by atoms with van der Waals surface area (Å²) in [6.45, 7) is 1.73. The Morgan fingerprint density at radius 2 is 2.12 bits per heavy atom. The van der Waals surface area contributed by atoms with Gasteiger partial charge in [-0.15, -0.1) is 0 Å². The Morgan fingerprint density at radius 3 is 2.65 bits per heavy atom. The average molecular weight is 255 g/mol. The first-order chi connectivity index (χ1) is 8.08. The van der Waals surface area contributed by atoms with Gasteiger partial charge in [0.2, 0.25) is 0 Å². The number of hydrogen-bond acceptors (Lipinski definition) is 3. The molecule has 0 aliphatic carbocycles. The molecule has 4 heteroatoms. The van der Waals surface area contributed by atoms with Crippen LogP contribution in [-0.4, -0.2) is 18.9 Å². The van der Waals surface area contributed by atoms with Gasteiger partial charge in [-0.25, -0.2) is 0 Å². The SMILES string of the molecule is CCC(=O)C(Cc1cccc(Cl)c1)C(=O)OC. The highest BCUT2D eigenvalue weighted by molar-refractivity contribution is 6.30. The summed E-state index contributed by atoms with van der Waals surface area (Å²) in [7, 11) is 1.29. The molecule has 0 saturated heterocycles. The van der Waals surface area contributed by atoms with E-state index in [2.05, 4.69) is 4.74 Å². The summed E-state index contributed by atoms with van der Waals surface area (Å²) in [5, 5.41) is 0.593. The lowest BCUT2D eigenvalue weighted by molar-refractivity contribution is -0.149. The summed E-state index contributed by atoms with van der Waals surface area (Å²) in [4.78, 5) is 23.2. The number of ether oxygens (including phenoxy) is 1. The lowest BCUT2D eigenvalue weighted by Crippen LogP contribution is -2.26. The molecule has 0 amide bonds. The van der Waals surface area contributed by atoms with E-state index in [1.807, 2.05) is 6.07 Å². The summed E-state index contributed by atoms with van der Waals surface area (Å²) in [5.74, 6) is -1.34. The van der Waals surface area contributed by atoms with Crippen LogP contribution < -0.4 is 0 Å². The molecule has 0 radical (unpaired) electrons. The fourth-order valence-electron chi connectivity index (χ4n) is 1.62. The number of halogens is 1. The number of methoxy groups -OCH3 is 1. The quantitative estimate of drug-likeness (QED) is 0.599. The summed E-state index contributed by atoms with van der Waals surface area (Å²) < 4.78 is 4.65. The van der Waals surface area contributed by atoms with Crippen molar-refractivity contribution in [2.75, 3.05) is 7.11 Å². The molecule has 1 unspecified atom stereocenters. The molecule has 0 saturated carbocycles. The van der Waals surface area contributed by atoms with E-state index >= 15 is 0 Å². The maximum Gasteiger partial charge on any atom is 0.316 e. The van der Waals surface area contributed by atoms with E-state index in [-0.39, 0.29) is 5.78 Å². The fourth-order valence-corrected chi connectivity index (χ4v) is 1.83. The summed E-state index contributed by atoms with van der Waals surface area (Å²) in [5.41, 5.74) is 0.856. The van der Waals surface area contributed by atoms with Crippen LogP contribution in [0, 0.1) is 5.92 Å². The van der Waals surface area contributed by atoms with Crippen molar-refractivity contribution >= 4 is 23.4 Å². The molecule has 0 N–H and O–H groups in total. The molecule has 3 nitrogen and oxygen atoms in total. The minimum Gasteiger partial charge on any atom is -0.468 e. The summed E-state index contributed by atoms with van der Waals surface area (Å²) >= 11 is 5.85. The molecule has 1 aromatic rings. The molecule has 1 aromatic carbocycles. The van der Waals surface area contributed by atoms with Crippen molar-refractivity contribution in [3.8, 4) is 0 Å². The highest BCUT2D eigenvalue weighted by Crippen LogP contribution is 2.17. The lowest BCUT2D eigenvalue weighted by Gasteiger charge is -2.12. The molecule has 92 valence electrons. The van der Waals surface area contributed by atoms with Gasteiger partial charge < -0.3 is 4.74 Å². The van der Waals surface area contributed by atoms with Gasteiger partial charge >= 0.3 is 5.97 Å². The van der Waals surface area contributed by atoms with Gasteiger partial charge in [-0.05, 0) is 24.1 Å². The largest absolute Gasteiger partial charge is 0.468 e. The second-order valence-corrected chi connectivity index (χ2v) is 4.17. The predicted octanol–water partition coefficient (Wildman–Crippen LogP) is 2.65. The standard InChI is InChI=1S/C13H15ClO3/c1-3-12(15)11(13(16)17-2)8-9-5-4-6-10(14)7-9/h4-7,11H,3,8H2,1-2H3. The number of carbonyl (C=O) groups excluding carboxylic acids is 2. The molecule has 0 aliphatic rings. The molecular formula is C13H15ClO3. The fraction of sp³-hybridized carbons (Fsp3) is 0.385. The maximum atomic E-state index is 11.7. The highest BCUT2D eigenvalue weighted by atomic mass is 35.5.